The van der Waals surface area contributed by atoms with Crippen molar-refractivity contribution in [2.45, 2.75) is 32.9 Å². The number of ether oxygens (including phenoxy) is 1. The minimum absolute atomic E-state index is 0.357. The molecule has 80 valence electrons. The van der Waals surface area contributed by atoms with Crippen molar-refractivity contribution in [2.75, 3.05) is 13.7 Å². The molecule has 0 saturated carbocycles. The monoisotopic (exact) mass is 197 g/mol. The fourth-order valence-corrected chi connectivity index (χ4v) is 1.29. The van der Waals surface area contributed by atoms with Gasteiger partial charge in [-0.15, -0.1) is 0 Å². The smallest absolute Gasteiger partial charge is 0.117 e. The zero-order valence-corrected chi connectivity index (χ0v) is 9.17. The Kier molecular flexibility index (Phi) is 4.70. The van der Waals surface area contributed by atoms with E-state index in [4.69, 9.17) is 9.15 Å². The average molecular weight is 197 g/mol. The summed E-state index contributed by atoms with van der Waals surface area (Å²) in [5.41, 5.74) is 0. The number of nitrogens with one attached hydrogen (secondary N) is 1. The highest BCUT2D eigenvalue weighted by Gasteiger charge is 2.03. The Morgan fingerprint density at radius 2 is 2.14 bits per heavy atom. The van der Waals surface area contributed by atoms with Crippen LogP contribution in [0.15, 0.2) is 16.5 Å². The molecule has 1 heterocycles. The SMILES string of the molecule is CCc1ccc(CNC(C)COC)o1. The third kappa shape index (κ3) is 3.52. The first-order valence-electron chi connectivity index (χ1n) is 5.06. The van der Waals surface area contributed by atoms with E-state index < -0.39 is 0 Å². The number of methoxy groups -OCH3 is 1. The van der Waals surface area contributed by atoms with Crippen LogP contribution in [-0.2, 0) is 17.7 Å². The van der Waals surface area contributed by atoms with Crippen molar-refractivity contribution < 1.29 is 9.15 Å². The van der Waals surface area contributed by atoms with E-state index in [0.29, 0.717) is 6.04 Å². The summed E-state index contributed by atoms with van der Waals surface area (Å²) in [6.45, 7) is 5.67. The molecular weight excluding hydrogens is 178 g/mol. The summed E-state index contributed by atoms with van der Waals surface area (Å²) >= 11 is 0. The lowest BCUT2D eigenvalue weighted by molar-refractivity contribution is 0.170. The first kappa shape index (κ1) is 11.3. The number of furan rings is 1. The molecule has 3 nitrogen and oxygen atoms in total. The molecule has 1 rings (SSSR count). The summed E-state index contributed by atoms with van der Waals surface area (Å²) in [5.74, 6) is 2.03. The van der Waals surface area contributed by atoms with E-state index in [0.717, 1.165) is 31.1 Å². The third-order valence-electron chi connectivity index (χ3n) is 2.11. The summed E-state index contributed by atoms with van der Waals surface area (Å²) in [4.78, 5) is 0. The van der Waals surface area contributed by atoms with Crippen molar-refractivity contribution in [3.05, 3.63) is 23.7 Å². The topological polar surface area (TPSA) is 34.4 Å². The number of rotatable bonds is 6. The maximum atomic E-state index is 5.56. The normalized spacial score (nSPS) is 13.1. The van der Waals surface area contributed by atoms with Gasteiger partial charge in [-0.1, -0.05) is 6.92 Å². The van der Waals surface area contributed by atoms with Crippen LogP contribution in [0, 0.1) is 0 Å². The van der Waals surface area contributed by atoms with E-state index >= 15 is 0 Å². The predicted octanol–water partition coefficient (Wildman–Crippen LogP) is 1.97. The summed E-state index contributed by atoms with van der Waals surface area (Å²) in [6, 6.07) is 4.40. The lowest BCUT2D eigenvalue weighted by Gasteiger charge is -2.10. The Hall–Kier alpha value is -0.800. The Balaban J connectivity index is 2.30. The van der Waals surface area contributed by atoms with Gasteiger partial charge in [-0.25, -0.2) is 0 Å². The lowest BCUT2D eigenvalue weighted by Crippen LogP contribution is -2.29. The first-order chi connectivity index (χ1) is 6.76. The van der Waals surface area contributed by atoms with Crippen molar-refractivity contribution in [3.63, 3.8) is 0 Å². The van der Waals surface area contributed by atoms with Gasteiger partial charge in [0.2, 0.25) is 0 Å². The minimum Gasteiger partial charge on any atom is -0.465 e. The second kappa shape index (κ2) is 5.83. The van der Waals surface area contributed by atoms with Crippen LogP contribution in [0.3, 0.4) is 0 Å². The molecule has 1 aromatic rings. The molecule has 0 aliphatic carbocycles. The van der Waals surface area contributed by atoms with E-state index in [1.807, 2.05) is 12.1 Å². The van der Waals surface area contributed by atoms with Crippen LogP contribution >= 0.6 is 0 Å². The molecule has 0 radical (unpaired) electrons. The van der Waals surface area contributed by atoms with Crippen molar-refractivity contribution in [2.24, 2.45) is 0 Å². The molecule has 0 bridgehead atoms. The molecule has 0 aliphatic rings. The van der Waals surface area contributed by atoms with Gasteiger partial charge in [0.25, 0.3) is 0 Å². The highest BCUT2D eigenvalue weighted by Crippen LogP contribution is 2.07. The maximum Gasteiger partial charge on any atom is 0.117 e. The van der Waals surface area contributed by atoms with Crippen LogP contribution in [0.4, 0.5) is 0 Å². The van der Waals surface area contributed by atoms with Crippen LogP contribution in [0.1, 0.15) is 25.4 Å². The van der Waals surface area contributed by atoms with Gasteiger partial charge in [0.15, 0.2) is 0 Å². The molecule has 1 atom stereocenters. The largest absolute Gasteiger partial charge is 0.465 e. The van der Waals surface area contributed by atoms with Crippen molar-refractivity contribution >= 4 is 0 Å². The highest BCUT2D eigenvalue weighted by molar-refractivity contribution is 5.06. The molecule has 1 unspecified atom stereocenters. The zero-order chi connectivity index (χ0) is 10.4. The van der Waals surface area contributed by atoms with E-state index in [9.17, 15) is 0 Å². The summed E-state index contributed by atoms with van der Waals surface area (Å²) in [5, 5.41) is 3.32. The molecule has 0 spiro atoms. The van der Waals surface area contributed by atoms with Gasteiger partial charge in [-0.05, 0) is 19.1 Å². The van der Waals surface area contributed by atoms with Crippen molar-refractivity contribution in [3.8, 4) is 0 Å². The molecule has 0 aromatic carbocycles. The van der Waals surface area contributed by atoms with Gasteiger partial charge in [0.05, 0.1) is 13.2 Å². The van der Waals surface area contributed by atoms with Crippen molar-refractivity contribution in [1.82, 2.24) is 5.32 Å². The van der Waals surface area contributed by atoms with Gasteiger partial charge >= 0.3 is 0 Å². The molecule has 0 saturated heterocycles. The number of hydrogen-bond donors (Lipinski definition) is 1. The molecule has 14 heavy (non-hydrogen) atoms. The van der Waals surface area contributed by atoms with Crippen LogP contribution in [0.5, 0.6) is 0 Å². The van der Waals surface area contributed by atoms with Gasteiger partial charge in [0.1, 0.15) is 11.5 Å². The average Bonchev–Trinajstić information content (AvgIpc) is 2.63. The number of hydrogen-bond acceptors (Lipinski definition) is 3. The summed E-state index contributed by atoms with van der Waals surface area (Å²) in [7, 11) is 1.71. The Bertz CT molecular complexity index is 258. The van der Waals surface area contributed by atoms with Crippen molar-refractivity contribution in [1.29, 1.82) is 0 Å². The van der Waals surface area contributed by atoms with E-state index in [1.54, 1.807) is 7.11 Å². The molecule has 0 fully saturated rings. The first-order valence-corrected chi connectivity index (χ1v) is 5.06. The fourth-order valence-electron chi connectivity index (χ4n) is 1.29. The van der Waals surface area contributed by atoms with Crippen LogP contribution < -0.4 is 5.32 Å². The molecule has 3 heteroatoms. The van der Waals surface area contributed by atoms with Gasteiger partial charge in [-0.2, -0.15) is 0 Å². The van der Waals surface area contributed by atoms with Gasteiger partial charge in [-0.3, -0.25) is 0 Å². The van der Waals surface area contributed by atoms with Gasteiger partial charge < -0.3 is 14.5 Å². The molecule has 0 aliphatic heterocycles. The summed E-state index contributed by atoms with van der Waals surface area (Å²) in [6.07, 6.45) is 0.952. The fraction of sp³-hybridized carbons (Fsp3) is 0.636. The second-order valence-corrected chi connectivity index (χ2v) is 3.46. The quantitative estimate of drug-likeness (QED) is 0.757. The van der Waals surface area contributed by atoms with E-state index in [2.05, 4.69) is 19.2 Å². The zero-order valence-electron chi connectivity index (χ0n) is 9.17. The van der Waals surface area contributed by atoms with Crippen LogP contribution in [0.2, 0.25) is 0 Å². The Morgan fingerprint density at radius 1 is 1.43 bits per heavy atom. The second-order valence-electron chi connectivity index (χ2n) is 3.46. The summed E-state index contributed by atoms with van der Waals surface area (Å²) < 4.78 is 10.6. The Morgan fingerprint density at radius 3 is 2.71 bits per heavy atom. The third-order valence-corrected chi connectivity index (χ3v) is 2.11. The minimum atomic E-state index is 0.357. The van der Waals surface area contributed by atoms with E-state index in [-0.39, 0.29) is 0 Å². The van der Waals surface area contributed by atoms with Crippen LogP contribution in [0.25, 0.3) is 0 Å². The number of aryl methyl sites for hydroxylation is 1. The maximum absolute atomic E-state index is 5.56. The van der Waals surface area contributed by atoms with Gasteiger partial charge in [0, 0.05) is 19.6 Å². The highest BCUT2D eigenvalue weighted by atomic mass is 16.5. The molecule has 1 aromatic heterocycles. The standard InChI is InChI=1S/C11H19NO2/c1-4-10-5-6-11(14-10)7-12-9(2)8-13-3/h5-6,9,12H,4,7-8H2,1-3H3. The van der Waals surface area contributed by atoms with E-state index in [1.165, 1.54) is 0 Å². The molecule has 0 amide bonds. The van der Waals surface area contributed by atoms with Crippen LogP contribution in [-0.4, -0.2) is 19.8 Å². The Labute approximate surface area is 85.4 Å². The lowest BCUT2D eigenvalue weighted by atomic mass is 10.3. The predicted molar refractivity (Wildman–Crippen MR) is 56.3 cm³/mol. The molecular formula is C11H19NO2. The molecule has 1 N–H and O–H groups in total.